The number of hydrogen-bond donors (Lipinski definition) is 1. The van der Waals surface area contributed by atoms with Crippen LogP contribution in [0.25, 0.3) is 0 Å². The Morgan fingerprint density at radius 3 is 2.47 bits per heavy atom. The molecule has 8 heteroatoms. The Bertz CT molecular complexity index is 1250. The van der Waals surface area contributed by atoms with Crippen molar-refractivity contribution in [3.8, 4) is 5.75 Å². The summed E-state index contributed by atoms with van der Waals surface area (Å²) < 4.78 is 16.5. The van der Waals surface area contributed by atoms with E-state index in [0.717, 1.165) is 32.9 Å². The van der Waals surface area contributed by atoms with Crippen LogP contribution in [-0.2, 0) is 31.9 Å². The Morgan fingerprint density at radius 2 is 1.79 bits per heavy atom. The summed E-state index contributed by atoms with van der Waals surface area (Å²) in [6, 6.07) is 20.7. The van der Waals surface area contributed by atoms with Crippen molar-refractivity contribution in [2.24, 2.45) is 5.73 Å². The Kier molecular flexibility index (Phi) is 9.86. The molecule has 0 spiro atoms. The molecule has 0 radical (unpaired) electrons. The lowest BCUT2D eigenvalue weighted by atomic mass is 9.92. The van der Waals surface area contributed by atoms with Crippen LogP contribution >= 0.6 is 23.4 Å². The summed E-state index contributed by atoms with van der Waals surface area (Å²) in [5.74, 6) is 1.09. The molecule has 0 bridgehead atoms. The van der Waals surface area contributed by atoms with E-state index in [9.17, 15) is 9.59 Å². The topological polar surface area (TPSA) is 87.8 Å². The van der Waals surface area contributed by atoms with Crippen LogP contribution in [0.4, 0.5) is 0 Å². The Morgan fingerprint density at radius 1 is 1.08 bits per heavy atom. The van der Waals surface area contributed by atoms with Crippen molar-refractivity contribution < 1.29 is 23.8 Å². The molecule has 38 heavy (non-hydrogen) atoms. The zero-order valence-electron chi connectivity index (χ0n) is 21.5. The molecule has 0 unspecified atom stereocenters. The third-order valence-electron chi connectivity index (χ3n) is 6.41. The monoisotopic (exact) mass is 553 g/mol. The van der Waals surface area contributed by atoms with Gasteiger partial charge in [0.2, 0.25) is 0 Å². The molecule has 3 atom stereocenters. The smallest absolute Gasteiger partial charge is 0.309 e. The molecule has 0 saturated carbocycles. The Hall–Kier alpha value is -2.84. The first kappa shape index (κ1) is 28.2. The van der Waals surface area contributed by atoms with Gasteiger partial charge in [-0.2, -0.15) is 0 Å². The lowest BCUT2D eigenvalue weighted by Gasteiger charge is -2.33. The number of rotatable bonds is 10. The van der Waals surface area contributed by atoms with Gasteiger partial charge in [-0.15, -0.1) is 11.8 Å². The highest BCUT2D eigenvalue weighted by atomic mass is 35.5. The van der Waals surface area contributed by atoms with Crippen molar-refractivity contribution in [1.82, 2.24) is 0 Å². The van der Waals surface area contributed by atoms with Crippen molar-refractivity contribution >= 4 is 35.1 Å². The molecule has 2 N–H and O–H groups in total. The summed E-state index contributed by atoms with van der Waals surface area (Å²) in [4.78, 5) is 25.5. The van der Waals surface area contributed by atoms with E-state index in [1.807, 2.05) is 73.7 Å². The summed E-state index contributed by atoms with van der Waals surface area (Å²) in [6.45, 7) is 2.57. The second-order valence-electron chi connectivity index (χ2n) is 9.20. The van der Waals surface area contributed by atoms with Gasteiger partial charge in [-0.25, -0.2) is 0 Å². The molecule has 1 saturated heterocycles. The van der Waals surface area contributed by atoms with E-state index >= 15 is 0 Å². The third kappa shape index (κ3) is 7.38. The number of ketones is 1. The SMILES string of the molecule is CCOc1ccc(Cc2cc([C@@H]3O[C@H](CSc4ccc(CC(=O)OC)cc4)C[C@H](N)C3=O)ccc2Cl)cc1. The number of nitrogens with two attached hydrogens (primary N) is 1. The fraction of sp³-hybridized carbons (Fsp3) is 0.333. The van der Waals surface area contributed by atoms with E-state index in [4.69, 9.17) is 31.5 Å². The number of methoxy groups -OCH3 is 1. The van der Waals surface area contributed by atoms with Gasteiger partial charge in [0.15, 0.2) is 5.78 Å². The molecule has 1 aliphatic heterocycles. The summed E-state index contributed by atoms with van der Waals surface area (Å²) in [5.41, 5.74) is 9.92. The molecule has 3 aromatic carbocycles. The van der Waals surface area contributed by atoms with E-state index in [2.05, 4.69) is 0 Å². The maximum atomic E-state index is 13.0. The second kappa shape index (κ2) is 13.3. The van der Waals surface area contributed by atoms with Gasteiger partial charge in [0, 0.05) is 15.7 Å². The number of ether oxygens (including phenoxy) is 3. The van der Waals surface area contributed by atoms with Crippen LogP contribution in [0.3, 0.4) is 0 Å². The first-order valence-electron chi connectivity index (χ1n) is 12.6. The maximum Gasteiger partial charge on any atom is 0.309 e. The highest BCUT2D eigenvalue weighted by Crippen LogP contribution is 2.33. The van der Waals surface area contributed by atoms with Crippen molar-refractivity contribution in [1.29, 1.82) is 0 Å². The number of benzene rings is 3. The lowest BCUT2D eigenvalue weighted by Crippen LogP contribution is -2.45. The summed E-state index contributed by atoms with van der Waals surface area (Å²) in [7, 11) is 1.38. The van der Waals surface area contributed by atoms with Gasteiger partial charge in [-0.05, 0) is 72.4 Å². The molecule has 1 aliphatic rings. The minimum atomic E-state index is -0.733. The van der Waals surface area contributed by atoms with Crippen molar-refractivity contribution in [3.05, 3.63) is 94.0 Å². The predicted molar refractivity (Wildman–Crippen MR) is 150 cm³/mol. The van der Waals surface area contributed by atoms with E-state index in [-0.39, 0.29) is 24.3 Å². The van der Waals surface area contributed by atoms with Crippen LogP contribution in [0.1, 0.15) is 41.7 Å². The minimum Gasteiger partial charge on any atom is -0.494 e. The predicted octanol–water partition coefficient (Wildman–Crippen LogP) is 5.56. The van der Waals surface area contributed by atoms with Crippen LogP contribution < -0.4 is 10.5 Å². The lowest BCUT2D eigenvalue weighted by molar-refractivity contribution is -0.144. The van der Waals surface area contributed by atoms with Gasteiger partial charge in [0.1, 0.15) is 11.9 Å². The number of halogens is 1. The molecule has 1 fully saturated rings. The average molecular weight is 554 g/mol. The molecular weight excluding hydrogens is 522 g/mol. The minimum absolute atomic E-state index is 0.118. The molecule has 0 aromatic heterocycles. The van der Waals surface area contributed by atoms with E-state index in [0.29, 0.717) is 30.2 Å². The summed E-state index contributed by atoms with van der Waals surface area (Å²) >= 11 is 8.15. The van der Waals surface area contributed by atoms with Crippen LogP contribution in [0, 0.1) is 0 Å². The van der Waals surface area contributed by atoms with Crippen LogP contribution in [-0.4, -0.2) is 43.4 Å². The quantitative estimate of drug-likeness (QED) is 0.259. The first-order valence-corrected chi connectivity index (χ1v) is 14.0. The molecule has 0 amide bonds. The number of thioether (sulfide) groups is 1. The first-order chi connectivity index (χ1) is 18.4. The molecular formula is C30H32ClNO5S. The molecule has 200 valence electrons. The summed E-state index contributed by atoms with van der Waals surface area (Å²) in [5, 5.41) is 0.637. The molecule has 6 nitrogen and oxygen atoms in total. The largest absolute Gasteiger partial charge is 0.494 e. The van der Waals surface area contributed by atoms with Gasteiger partial charge in [-0.3, -0.25) is 9.59 Å². The van der Waals surface area contributed by atoms with Crippen molar-refractivity contribution in [2.45, 2.75) is 49.3 Å². The zero-order chi connectivity index (χ0) is 27.1. The molecule has 4 rings (SSSR count). The molecule has 1 heterocycles. The number of carbonyl (C=O) groups excluding carboxylic acids is 2. The van der Waals surface area contributed by atoms with Crippen LogP contribution in [0.5, 0.6) is 5.75 Å². The average Bonchev–Trinajstić information content (AvgIpc) is 2.92. The Labute approximate surface area is 232 Å². The standard InChI is InChI=1S/C30H32ClNO5S/c1-3-36-23-9-4-19(5-10-23)14-22-16-21(8-13-26(22)31)30-29(34)27(32)17-24(37-30)18-38-25-11-6-20(7-12-25)15-28(33)35-2/h4-13,16,24,27,30H,3,14-15,17-18,32H2,1-2H3/t24-,27-,30-/m0/s1. The van der Waals surface area contributed by atoms with Gasteiger partial charge < -0.3 is 19.9 Å². The van der Waals surface area contributed by atoms with E-state index in [1.54, 1.807) is 11.8 Å². The number of Topliss-reactive ketones (excluding diaryl/α,β-unsaturated/α-hetero) is 1. The Balaban J connectivity index is 1.42. The number of carbonyl (C=O) groups is 2. The molecule has 0 aliphatic carbocycles. The fourth-order valence-electron chi connectivity index (χ4n) is 4.37. The van der Waals surface area contributed by atoms with E-state index in [1.165, 1.54) is 7.11 Å². The van der Waals surface area contributed by atoms with Gasteiger partial charge in [-0.1, -0.05) is 48.0 Å². The maximum absolute atomic E-state index is 13.0. The fourth-order valence-corrected chi connectivity index (χ4v) is 5.48. The third-order valence-corrected chi connectivity index (χ3v) is 7.92. The zero-order valence-corrected chi connectivity index (χ0v) is 23.1. The normalized spacial score (nSPS) is 19.3. The highest BCUT2D eigenvalue weighted by Gasteiger charge is 2.36. The van der Waals surface area contributed by atoms with Crippen molar-refractivity contribution in [3.63, 3.8) is 0 Å². The highest BCUT2D eigenvalue weighted by molar-refractivity contribution is 7.99. The van der Waals surface area contributed by atoms with Crippen molar-refractivity contribution in [2.75, 3.05) is 19.5 Å². The number of esters is 1. The van der Waals surface area contributed by atoms with E-state index < -0.39 is 12.1 Å². The van der Waals surface area contributed by atoms with Crippen LogP contribution in [0.2, 0.25) is 5.02 Å². The van der Waals surface area contributed by atoms with Gasteiger partial charge >= 0.3 is 5.97 Å². The second-order valence-corrected chi connectivity index (χ2v) is 10.7. The van der Waals surface area contributed by atoms with Gasteiger partial charge in [0.05, 0.1) is 32.3 Å². The van der Waals surface area contributed by atoms with Gasteiger partial charge in [0.25, 0.3) is 0 Å². The number of hydrogen-bond acceptors (Lipinski definition) is 7. The van der Waals surface area contributed by atoms with Crippen LogP contribution in [0.15, 0.2) is 71.6 Å². The summed E-state index contributed by atoms with van der Waals surface area (Å²) in [6.07, 6.45) is 0.418. The molecule has 3 aromatic rings.